The zero-order chi connectivity index (χ0) is 23.1. The molecule has 0 radical (unpaired) electrons. The van der Waals surface area contributed by atoms with Crippen molar-refractivity contribution < 1.29 is 9.59 Å². The Balaban J connectivity index is 1.66. The smallest absolute Gasteiger partial charge is 0.251 e. The van der Waals surface area contributed by atoms with Crippen molar-refractivity contribution in [2.24, 2.45) is 0 Å². The van der Waals surface area contributed by atoms with Gasteiger partial charge >= 0.3 is 0 Å². The van der Waals surface area contributed by atoms with Crippen LogP contribution in [0.3, 0.4) is 0 Å². The molecule has 0 bridgehead atoms. The van der Waals surface area contributed by atoms with Crippen LogP contribution in [-0.2, 0) is 11.3 Å². The Kier molecular flexibility index (Phi) is 7.83. The summed E-state index contributed by atoms with van der Waals surface area (Å²) in [5.74, 6) is 0.481. The molecule has 2 aromatic carbocycles. The Hall–Kier alpha value is -3.39. The number of rotatable bonds is 9. The Bertz CT molecular complexity index is 1110. The second kappa shape index (κ2) is 10.8. The highest BCUT2D eigenvalue weighted by atomic mass is 32.2. The summed E-state index contributed by atoms with van der Waals surface area (Å²) in [6, 6.07) is 14.5. The maximum absolute atomic E-state index is 12.5. The summed E-state index contributed by atoms with van der Waals surface area (Å²) in [5.41, 5.74) is 3.54. The number of benzene rings is 2. The van der Waals surface area contributed by atoms with E-state index < -0.39 is 0 Å². The van der Waals surface area contributed by atoms with Gasteiger partial charge in [0, 0.05) is 17.8 Å². The van der Waals surface area contributed by atoms with E-state index in [0.29, 0.717) is 23.1 Å². The van der Waals surface area contributed by atoms with Gasteiger partial charge in [-0.2, -0.15) is 0 Å². The minimum atomic E-state index is -0.367. The van der Waals surface area contributed by atoms with Crippen LogP contribution in [0.1, 0.15) is 40.3 Å². The molecule has 0 fully saturated rings. The molecule has 1 unspecified atom stereocenters. The number of anilines is 1. The van der Waals surface area contributed by atoms with Crippen LogP contribution in [0.5, 0.6) is 0 Å². The van der Waals surface area contributed by atoms with Gasteiger partial charge in [0.15, 0.2) is 11.0 Å². The average Bonchev–Trinajstić information content (AvgIpc) is 3.18. The number of aryl methyl sites for hydroxylation is 2. The molecule has 8 heteroatoms. The van der Waals surface area contributed by atoms with Crippen molar-refractivity contribution in [3.8, 4) is 0 Å². The van der Waals surface area contributed by atoms with E-state index in [1.807, 2.05) is 61.7 Å². The summed E-state index contributed by atoms with van der Waals surface area (Å²) in [6.45, 7) is 10.1. The molecule has 7 nitrogen and oxygen atoms in total. The number of hydrogen-bond donors (Lipinski definition) is 2. The van der Waals surface area contributed by atoms with Gasteiger partial charge in [0.25, 0.3) is 5.91 Å². The summed E-state index contributed by atoms with van der Waals surface area (Å²) in [5, 5.41) is 15.0. The van der Waals surface area contributed by atoms with Crippen molar-refractivity contribution in [1.82, 2.24) is 20.1 Å². The standard InChI is InChI=1S/C24H27N5O2S/c1-5-13-29-22(18(4)25-23(31)19-9-7-6-8-10-19)27-28-24(29)32-15-21(30)26-20-12-11-16(2)14-17(20)3/h5-12,14,18H,1,13,15H2,2-4H3,(H,25,31)(H,26,30). The monoisotopic (exact) mass is 449 g/mol. The Morgan fingerprint density at radius 2 is 1.91 bits per heavy atom. The lowest BCUT2D eigenvalue weighted by molar-refractivity contribution is -0.113. The third kappa shape index (κ3) is 5.85. The van der Waals surface area contributed by atoms with Crippen LogP contribution in [0.2, 0.25) is 0 Å². The van der Waals surface area contributed by atoms with Crippen molar-refractivity contribution >= 4 is 29.3 Å². The van der Waals surface area contributed by atoms with Crippen molar-refractivity contribution in [3.05, 3.63) is 83.7 Å². The zero-order valence-corrected chi connectivity index (χ0v) is 19.3. The molecule has 3 rings (SSSR count). The van der Waals surface area contributed by atoms with Crippen molar-refractivity contribution in [3.63, 3.8) is 0 Å². The lowest BCUT2D eigenvalue weighted by Gasteiger charge is -2.15. The summed E-state index contributed by atoms with van der Waals surface area (Å²) < 4.78 is 1.86. The molecule has 0 saturated heterocycles. The van der Waals surface area contributed by atoms with Crippen LogP contribution in [-0.4, -0.2) is 32.3 Å². The first kappa shape index (κ1) is 23.3. The van der Waals surface area contributed by atoms with Crippen molar-refractivity contribution in [2.45, 2.75) is 38.5 Å². The minimum Gasteiger partial charge on any atom is -0.342 e. The SMILES string of the molecule is C=CCn1c(SCC(=O)Nc2ccc(C)cc2C)nnc1C(C)NC(=O)c1ccccc1. The first-order chi connectivity index (χ1) is 15.4. The van der Waals surface area contributed by atoms with Crippen LogP contribution in [0.15, 0.2) is 66.3 Å². The first-order valence-corrected chi connectivity index (χ1v) is 11.3. The predicted molar refractivity (Wildman–Crippen MR) is 128 cm³/mol. The van der Waals surface area contributed by atoms with E-state index in [0.717, 1.165) is 16.8 Å². The van der Waals surface area contributed by atoms with Gasteiger partial charge in [-0.1, -0.05) is 53.7 Å². The van der Waals surface area contributed by atoms with Crippen LogP contribution >= 0.6 is 11.8 Å². The molecule has 1 heterocycles. The topological polar surface area (TPSA) is 88.9 Å². The van der Waals surface area contributed by atoms with E-state index >= 15 is 0 Å². The molecule has 0 aliphatic heterocycles. The predicted octanol–water partition coefficient (Wildman–Crippen LogP) is 4.30. The number of nitrogens with zero attached hydrogens (tertiary/aromatic N) is 3. The number of hydrogen-bond acceptors (Lipinski definition) is 5. The summed E-state index contributed by atoms with van der Waals surface area (Å²) >= 11 is 1.29. The number of amides is 2. The van der Waals surface area contributed by atoms with E-state index in [2.05, 4.69) is 27.4 Å². The number of allylic oxidation sites excluding steroid dienone is 1. The molecule has 1 aromatic heterocycles. The van der Waals surface area contributed by atoms with Gasteiger partial charge in [-0.25, -0.2) is 0 Å². The Labute approximate surface area is 192 Å². The molecule has 0 aliphatic carbocycles. The molecular weight excluding hydrogens is 422 g/mol. The normalized spacial score (nSPS) is 11.6. The second-order valence-electron chi connectivity index (χ2n) is 7.46. The molecule has 166 valence electrons. The largest absolute Gasteiger partial charge is 0.342 e. The Morgan fingerprint density at radius 1 is 1.16 bits per heavy atom. The molecule has 3 aromatic rings. The van der Waals surface area contributed by atoms with Crippen LogP contribution in [0.25, 0.3) is 0 Å². The number of nitrogens with one attached hydrogen (secondary N) is 2. The zero-order valence-electron chi connectivity index (χ0n) is 18.5. The molecule has 0 aliphatic rings. The quantitative estimate of drug-likeness (QED) is 0.376. The molecular formula is C24H27N5O2S. The summed E-state index contributed by atoms with van der Waals surface area (Å²) in [4.78, 5) is 25.0. The fraction of sp³-hybridized carbons (Fsp3) is 0.250. The molecule has 2 N–H and O–H groups in total. The molecule has 0 spiro atoms. The number of carbonyl (C=O) groups is 2. The first-order valence-electron chi connectivity index (χ1n) is 10.3. The highest BCUT2D eigenvalue weighted by Gasteiger charge is 2.20. The van der Waals surface area contributed by atoms with Crippen LogP contribution < -0.4 is 10.6 Å². The van der Waals surface area contributed by atoms with Gasteiger partial charge in [0.2, 0.25) is 5.91 Å². The van der Waals surface area contributed by atoms with E-state index in [4.69, 9.17) is 0 Å². The summed E-state index contributed by atoms with van der Waals surface area (Å²) in [7, 11) is 0. The fourth-order valence-electron chi connectivity index (χ4n) is 3.23. The number of carbonyl (C=O) groups excluding carboxylic acids is 2. The van der Waals surface area contributed by atoms with Gasteiger partial charge in [0.1, 0.15) is 0 Å². The van der Waals surface area contributed by atoms with Gasteiger partial charge < -0.3 is 15.2 Å². The molecule has 1 atom stereocenters. The van der Waals surface area contributed by atoms with Crippen LogP contribution in [0.4, 0.5) is 5.69 Å². The fourth-order valence-corrected chi connectivity index (χ4v) is 3.99. The van der Waals surface area contributed by atoms with Gasteiger partial charge in [-0.3, -0.25) is 9.59 Å². The molecule has 32 heavy (non-hydrogen) atoms. The molecule has 2 amide bonds. The number of aromatic nitrogens is 3. The van der Waals surface area contributed by atoms with Crippen molar-refractivity contribution in [2.75, 3.05) is 11.1 Å². The Morgan fingerprint density at radius 3 is 2.59 bits per heavy atom. The van der Waals surface area contributed by atoms with Gasteiger partial charge in [-0.05, 0) is 44.5 Å². The van der Waals surface area contributed by atoms with E-state index in [9.17, 15) is 9.59 Å². The average molecular weight is 450 g/mol. The van der Waals surface area contributed by atoms with E-state index in [1.165, 1.54) is 11.8 Å². The highest BCUT2D eigenvalue weighted by molar-refractivity contribution is 7.99. The lowest BCUT2D eigenvalue weighted by Crippen LogP contribution is -2.28. The third-order valence-corrected chi connectivity index (χ3v) is 5.78. The minimum absolute atomic E-state index is 0.123. The highest BCUT2D eigenvalue weighted by Crippen LogP contribution is 2.22. The van der Waals surface area contributed by atoms with Gasteiger partial charge in [0.05, 0.1) is 11.8 Å². The maximum atomic E-state index is 12.5. The second-order valence-corrected chi connectivity index (χ2v) is 8.40. The maximum Gasteiger partial charge on any atom is 0.251 e. The van der Waals surface area contributed by atoms with Gasteiger partial charge in [-0.15, -0.1) is 16.8 Å². The lowest BCUT2D eigenvalue weighted by atomic mass is 10.1. The van der Waals surface area contributed by atoms with E-state index in [1.54, 1.807) is 18.2 Å². The van der Waals surface area contributed by atoms with E-state index in [-0.39, 0.29) is 23.6 Å². The van der Waals surface area contributed by atoms with Crippen LogP contribution in [0, 0.1) is 13.8 Å². The number of thioether (sulfide) groups is 1. The molecule has 0 saturated carbocycles. The van der Waals surface area contributed by atoms with Crippen molar-refractivity contribution in [1.29, 1.82) is 0 Å². The third-order valence-electron chi connectivity index (χ3n) is 4.82. The summed E-state index contributed by atoms with van der Waals surface area (Å²) in [6.07, 6.45) is 1.73.